The van der Waals surface area contributed by atoms with Gasteiger partial charge in [0.2, 0.25) is 0 Å². The highest BCUT2D eigenvalue weighted by Crippen LogP contribution is 2.31. The first-order valence-electron chi connectivity index (χ1n) is 8.11. The highest BCUT2D eigenvalue weighted by atomic mass is 79.9. The number of methoxy groups -OCH3 is 1. The molecule has 6 nitrogen and oxygen atoms in total. The Labute approximate surface area is 161 Å². The predicted molar refractivity (Wildman–Crippen MR) is 106 cm³/mol. The molecule has 1 N–H and O–H groups in total. The van der Waals surface area contributed by atoms with Crippen molar-refractivity contribution in [2.45, 2.75) is 6.54 Å². The van der Waals surface area contributed by atoms with Crippen molar-refractivity contribution in [3.63, 3.8) is 0 Å². The van der Waals surface area contributed by atoms with E-state index in [1.165, 1.54) is 0 Å². The fourth-order valence-corrected chi connectivity index (χ4v) is 3.39. The van der Waals surface area contributed by atoms with Crippen molar-refractivity contribution in [3.05, 3.63) is 79.3 Å². The Morgan fingerprint density at radius 3 is 2.52 bits per heavy atom. The van der Waals surface area contributed by atoms with Crippen molar-refractivity contribution in [3.8, 4) is 11.5 Å². The van der Waals surface area contributed by atoms with E-state index < -0.39 is 16.9 Å². The van der Waals surface area contributed by atoms with Crippen LogP contribution in [0.2, 0.25) is 0 Å². The topological polar surface area (TPSA) is 81.7 Å². The van der Waals surface area contributed by atoms with E-state index in [0.29, 0.717) is 10.9 Å². The highest BCUT2D eigenvalue weighted by molar-refractivity contribution is 9.10. The zero-order valence-electron chi connectivity index (χ0n) is 14.2. The average Bonchev–Trinajstić information content (AvgIpc) is 2.69. The molecular formula is C20H14BrNO5. The lowest BCUT2D eigenvalue weighted by molar-refractivity contribution is 0.414. The summed E-state index contributed by atoms with van der Waals surface area (Å²) in [5.41, 5.74) is 0.389. The summed E-state index contributed by atoms with van der Waals surface area (Å²) in [5, 5.41) is 10.9. The van der Waals surface area contributed by atoms with Crippen molar-refractivity contribution in [1.29, 1.82) is 0 Å². The number of fused-ring (bicyclic) bond motifs is 3. The monoisotopic (exact) mass is 427 g/mol. The van der Waals surface area contributed by atoms with Gasteiger partial charge in [0.25, 0.3) is 5.56 Å². The lowest BCUT2D eigenvalue weighted by atomic mass is 10.1. The number of nitrogens with zero attached hydrogens (tertiary/aromatic N) is 1. The third-order valence-corrected chi connectivity index (χ3v) is 5.14. The van der Waals surface area contributed by atoms with Crippen LogP contribution in [0.25, 0.3) is 21.9 Å². The van der Waals surface area contributed by atoms with Gasteiger partial charge in [-0.2, -0.15) is 0 Å². The Hall–Kier alpha value is -3.06. The summed E-state index contributed by atoms with van der Waals surface area (Å²) in [6, 6.07) is 14.5. The van der Waals surface area contributed by atoms with Gasteiger partial charge in [-0.05, 0) is 45.8 Å². The molecule has 0 bridgehead atoms. The van der Waals surface area contributed by atoms with E-state index in [-0.39, 0.29) is 22.0 Å². The molecule has 4 rings (SSSR count). The minimum Gasteiger partial charge on any atom is -0.506 e. The van der Waals surface area contributed by atoms with Gasteiger partial charge in [0.1, 0.15) is 15.6 Å². The largest absolute Gasteiger partial charge is 0.506 e. The van der Waals surface area contributed by atoms with Crippen LogP contribution in [-0.2, 0) is 6.54 Å². The molecule has 0 saturated carbocycles. The molecule has 4 aromatic rings. The van der Waals surface area contributed by atoms with Crippen LogP contribution in [-0.4, -0.2) is 16.8 Å². The SMILES string of the molecule is COc1ccc(Cn2c(=O)c3c(O)c(Br)c(=O)oc3c3ccccc32)cc1. The molecule has 0 unspecified atom stereocenters. The molecule has 0 aliphatic rings. The number of aromatic nitrogens is 1. The van der Waals surface area contributed by atoms with E-state index in [9.17, 15) is 14.7 Å². The van der Waals surface area contributed by atoms with Gasteiger partial charge in [-0.1, -0.05) is 24.3 Å². The molecule has 0 radical (unpaired) electrons. The molecule has 7 heteroatoms. The maximum atomic E-state index is 13.1. The van der Waals surface area contributed by atoms with E-state index in [4.69, 9.17) is 9.15 Å². The Morgan fingerprint density at radius 2 is 1.81 bits per heavy atom. The van der Waals surface area contributed by atoms with Crippen LogP contribution < -0.4 is 15.9 Å². The van der Waals surface area contributed by atoms with Crippen LogP contribution >= 0.6 is 15.9 Å². The molecule has 0 amide bonds. The maximum Gasteiger partial charge on any atom is 0.354 e. The Morgan fingerprint density at radius 1 is 1.11 bits per heavy atom. The van der Waals surface area contributed by atoms with Gasteiger partial charge in [-0.15, -0.1) is 0 Å². The first-order chi connectivity index (χ1) is 13.0. The molecule has 2 heterocycles. The molecule has 2 aromatic carbocycles. The number of para-hydroxylation sites is 1. The normalized spacial score (nSPS) is 11.2. The average molecular weight is 428 g/mol. The molecule has 27 heavy (non-hydrogen) atoms. The van der Waals surface area contributed by atoms with Crippen molar-refractivity contribution < 1.29 is 14.3 Å². The van der Waals surface area contributed by atoms with E-state index >= 15 is 0 Å². The highest BCUT2D eigenvalue weighted by Gasteiger charge is 2.20. The summed E-state index contributed by atoms with van der Waals surface area (Å²) in [5.74, 6) is 0.304. The zero-order valence-corrected chi connectivity index (χ0v) is 15.8. The summed E-state index contributed by atoms with van der Waals surface area (Å²) in [6.45, 7) is 0.287. The Balaban J connectivity index is 2.05. The lowest BCUT2D eigenvalue weighted by Gasteiger charge is -2.13. The summed E-state index contributed by atoms with van der Waals surface area (Å²) < 4.78 is 11.9. The quantitative estimate of drug-likeness (QED) is 0.504. The molecule has 2 aromatic heterocycles. The summed E-state index contributed by atoms with van der Waals surface area (Å²) >= 11 is 2.99. The zero-order chi connectivity index (χ0) is 19.1. The lowest BCUT2D eigenvalue weighted by Crippen LogP contribution is -2.22. The van der Waals surface area contributed by atoms with Gasteiger partial charge >= 0.3 is 5.63 Å². The van der Waals surface area contributed by atoms with Crippen molar-refractivity contribution in [2.24, 2.45) is 0 Å². The summed E-state index contributed by atoms with van der Waals surface area (Å²) in [4.78, 5) is 25.1. The molecule has 0 spiro atoms. The van der Waals surface area contributed by atoms with Crippen LogP contribution in [0.1, 0.15) is 5.56 Å². The van der Waals surface area contributed by atoms with E-state index in [1.807, 2.05) is 24.3 Å². The van der Waals surface area contributed by atoms with Gasteiger partial charge in [0, 0.05) is 5.39 Å². The minimum atomic E-state index is -0.738. The van der Waals surface area contributed by atoms with Gasteiger partial charge < -0.3 is 18.8 Å². The first kappa shape index (κ1) is 17.4. The fraction of sp³-hybridized carbons (Fsp3) is 0.100. The molecular weight excluding hydrogens is 414 g/mol. The van der Waals surface area contributed by atoms with E-state index in [1.54, 1.807) is 35.9 Å². The molecule has 136 valence electrons. The number of aromatic hydroxyl groups is 1. The second-order valence-electron chi connectivity index (χ2n) is 6.01. The van der Waals surface area contributed by atoms with Gasteiger partial charge in [0.15, 0.2) is 11.3 Å². The maximum absolute atomic E-state index is 13.1. The van der Waals surface area contributed by atoms with Gasteiger partial charge in [-0.25, -0.2) is 4.79 Å². The number of halogens is 1. The minimum absolute atomic E-state index is 0.0336. The Kier molecular flexibility index (Phi) is 4.24. The van der Waals surface area contributed by atoms with Crippen LogP contribution in [0.5, 0.6) is 11.5 Å². The van der Waals surface area contributed by atoms with E-state index in [0.717, 1.165) is 11.3 Å². The van der Waals surface area contributed by atoms with Crippen molar-refractivity contribution in [1.82, 2.24) is 4.57 Å². The summed E-state index contributed by atoms with van der Waals surface area (Å²) in [7, 11) is 1.59. The number of pyridine rings is 1. The predicted octanol–water partition coefficient (Wildman–Crippen LogP) is 3.63. The van der Waals surface area contributed by atoms with Gasteiger partial charge in [-0.3, -0.25) is 4.79 Å². The smallest absolute Gasteiger partial charge is 0.354 e. The standard InChI is InChI=1S/C20H14BrNO5/c1-26-12-8-6-11(7-9-12)10-22-14-5-3-2-4-13(14)18-15(19(22)24)17(23)16(21)20(25)27-18/h2-9,23H,10H2,1H3. The van der Waals surface area contributed by atoms with Crippen molar-refractivity contribution in [2.75, 3.05) is 7.11 Å². The second kappa shape index (κ2) is 6.59. The van der Waals surface area contributed by atoms with Crippen molar-refractivity contribution >= 4 is 37.8 Å². The van der Waals surface area contributed by atoms with Crippen LogP contribution in [0.3, 0.4) is 0 Å². The molecule has 0 aliphatic heterocycles. The number of rotatable bonds is 3. The fourth-order valence-electron chi connectivity index (χ4n) is 3.11. The number of hydrogen-bond acceptors (Lipinski definition) is 5. The molecule has 0 fully saturated rings. The number of ether oxygens (including phenoxy) is 1. The summed E-state index contributed by atoms with van der Waals surface area (Å²) in [6.07, 6.45) is 0. The molecule has 0 atom stereocenters. The van der Waals surface area contributed by atoms with Crippen LogP contribution in [0.15, 0.2) is 67.0 Å². The third-order valence-electron chi connectivity index (χ3n) is 4.44. The van der Waals surface area contributed by atoms with Crippen LogP contribution in [0, 0.1) is 0 Å². The number of hydrogen-bond donors (Lipinski definition) is 1. The van der Waals surface area contributed by atoms with Crippen LogP contribution in [0.4, 0.5) is 0 Å². The first-order valence-corrected chi connectivity index (χ1v) is 8.90. The number of benzene rings is 2. The Bertz CT molecular complexity index is 1290. The van der Waals surface area contributed by atoms with Gasteiger partial charge in [0.05, 0.1) is 19.2 Å². The van der Waals surface area contributed by atoms with E-state index in [2.05, 4.69) is 15.9 Å². The second-order valence-corrected chi connectivity index (χ2v) is 6.81. The molecule has 0 saturated heterocycles. The third kappa shape index (κ3) is 2.80. The molecule has 0 aliphatic carbocycles.